The van der Waals surface area contributed by atoms with E-state index in [0.717, 1.165) is 48.1 Å². The summed E-state index contributed by atoms with van der Waals surface area (Å²) in [6.07, 6.45) is 5.40. The third kappa shape index (κ3) is 3.17. The number of nitrogens with zero attached hydrogens (tertiary/aromatic N) is 2. The van der Waals surface area contributed by atoms with Gasteiger partial charge in [0.1, 0.15) is 0 Å². The Morgan fingerprint density at radius 2 is 2.24 bits per heavy atom. The van der Waals surface area contributed by atoms with Crippen LogP contribution in [0.4, 0.5) is 0 Å². The van der Waals surface area contributed by atoms with Crippen LogP contribution in [-0.4, -0.2) is 20.9 Å². The van der Waals surface area contributed by atoms with Crippen LogP contribution in [0.3, 0.4) is 0 Å². The van der Waals surface area contributed by atoms with E-state index in [9.17, 15) is 9.90 Å². The Hall–Kier alpha value is -0.840. The van der Waals surface area contributed by atoms with E-state index < -0.39 is 11.4 Å². The second-order valence-electron chi connectivity index (χ2n) is 6.29. The van der Waals surface area contributed by atoms with Crippen LogP contribution in [0.15, 0.2) is 4.47 Å². The Kier molecular flexibility index (Phi) is 5.12. The minimum atomic E-state index is -0.644. The molecule has 0 amide bonds. The molecule has 1 aromatic heterocycles. The first-order valence-electron chi connectivity index (χ1n) is 7.88. The van der Waals surface area contributed by atoms with Gasteiger partial charge in [0.05, 0.1) is 21.3 Å². The molecule has 118 valence electrons. The molecule has 0 aliphatic heterocycles. The van der Waals surface area contributed by atoms with Gasteiger partial charge in [0, 0.05) is 13.0 Å². The predicted molar refractivity (Wildman–Crippen MR) is 86.4 cm³/mol. The van der Waals surface area contributed by atoms with Crippen molar-refractivity contribution in [2.75, 3.05) is 0 Å². The van der Waals surface area contributed by atoms with Gasteiger partial charge in [-0.1, -0.05) is 26.2 Å². The molecule has 4 nitrogen and oxygen atoms in total. The van der Waals surface area contributed by atoms with Gasteiger partial charge in [-0.3, -0.25) is 9.48 Å². The number of aliphatic carboxylic acids is 1. The smallest absolute Gasteiger partial charge is 0.310 e. The highest BCUT2D eigenvalue weighted by Crippen LogP contribution is 2.44. The number of hydrogen-bond acceptors (Lipinski definition) is 2. The predicted octanol–water partition coefficient (Wildman–Crippen LogP) is 4.19. The third-order valence-corrected chi connectivity index (χ3v) is 5.97. The number of carbonyl (C=O) groups is 1. The molecule has 0 saturated heterocycles. The zero-order chi connectivity index (χ0) is 15.6. The molecule has 0 aromatic carbocycles. The van der Waals surface area contributed by atoms with Crippen LogP contribution in [0, 0.1) is 18.3 Å². The summed E-state index contributed by atoms with van der Waals surface area (Å²) in [6, 6.07) is 0. The summed E-state index contributed by atoms with van der Waals surface area (Å²) in [6.45, 7) is 6.95. The van der Waals surface area contributed by atoms with Crippen molar-refractivity contribution in [3.8, 4) is 0 Å². The Labute approximate surface area is 135 Å². The molecule has 2 unspecified atom stereocenters. The lowest BCUT2D eigenvalue weighted by Crippen LogP contribution is -2.39. The first kappa shape index (κ1) is 16.5. The van der Waals surface area contributed by atoms with Crippen molar-refractivity contribution in [2.24, 2.45) is 11.3 Å². The quantitative estimate of drug-likeness (QED) is 0.860. The Morgan fingerprint density at radius 3 is 2.81 bits per heavy atom. The zero-order valence-corrected chi connectivity index (χ0v) is 14.7. The molecule has 0 radical (unpaired) electrons. The summed E-state index contributed by atoms with van der Waals surface area (Å²) in [5.74, 6) is -0.109. The molecule has 21 heavy (non-hydrogen) atoms. The van der Waals surface area contributed by atoms with E-state index in [2.05, 4.69) is 28.0 Å². The van der Waals surface area contributed by atoms with Gasteiger partial charge in [-0.15, -0.1) is 0 Å². The number of aryl methyl sites for hydroxylation is 2. The minimum absolute atomic E-state index is 0.535. The van der Waals surface area contributed by atoms with Crippen molar-refractivity contribution in [3.05, 3.63) is 15.9 Å². The van der Waals surface area contributed by atoms with E-state index in [4.69, 9.17) is 0 Å². The molecule has 1 heterocycles. The first-order valence-corrected chi connectivity index (χ1v) is 8.68. The molecule has 5 heteroatoms. The molecule has 1 saturated carbocycles. The molecule has 2 atom stereocenters. The number of halogens is 1. The maximum Gasteiger partial charge on any atom is 0.310 e. The molecule has 2 rings (SSSR count). The third-order valence-electron chi connectivity index (χ3n) is 4.94. The van der Waals surface area contributed by atoms with Crippen molar-refractivity contribution in [1.82, 2.24) is 9.78 Å². The van der Waals surface area contributed by atoms with E-state index in [1.54, 1.807) is 0 Å². The van der Waals surface area contributed by atoms with Crippen LogP contribution in [0.1, 0.15) is 57.3 Å². The highest BCUT2D eigenvalue weighted by atomic mass is 79.9. The molecule has 1 aromatic rings. The van der Waals surface area contributed by atoms with Gasteiger partial charge >= 0.3 is 5.97 Å². The second-order valence-corrected chi connectivity index (χ2v) is 7.09. The Balaban J connectivity index is 2.35. The van der Waals surface area contributed by atoms with Crippen LogP contribution < -0.4 is 0 Å². The molecule has 0 spiro atoms. The standard InChI is InChI=1S/C16H25BrN2O2/c1-4-12-7-6-8-16(9-12,15(20)21)10-13-14(17)11(3)18-19(13)5-2/h12H,4-10H2,1-3H3,(H,20,21). The first-order chi connectivity index (χ1) is 9.93. The summed E-state index contributed by atoms with van der Waals surface area (Å²) in [4.78, 5) is 12.0. The molecule has 1 aliphatic carbocycles. The average molecular weight is 357 g/mol. The van der Waals surface area contributed by atoms with Gasteiger partial charge in [-0.2, -0.15) is 5.10 Å². The number of hydrogen-bond donors (Lipinski definition) is 1. The lowest BCUT2D eigenvalue weighted by atomic mass is 9.66. The van der Waals surface area contributed by atoms with Gasteiger partial charge < -0.3 is 5.11 Å². The van der Waals surface area contributed by atoms with Crippen molar-refractivity contribution in [1.29, 1.82) is 0 Å². The van der Waals surface area contributed by atoms with Crippen molar-refractivity contribution >= 4 is 21.9 Å². The highest BCUT2D eigenvalue weighted by molar-refractivity contribution is 9.10. The second kappa shape index (κ2) is 6.51. The molecule has 1 aliphatic rings. The number of aromatic nitrogens is 2. The largest absolute Gasteiger partial charge is 0.481 e. The van der Waals surface area contributed by atoms with Crippen molar-refractivity contribution in [3.63, 3.8) is 0 Å². The maximum absolute atomic E-state index is 12.0. The molecular formula is C16H25BrN2O2. The van der Waals surface area contributed by atoms with Crippen LogP contribution in [0.5, 0.6) is 0 Å². The van der Waals surface area contributed by atoms with Gasteiger partial charge in [0.15, 0.2) is 0 Å². The fourth-order valence-electron chi connectivity index (χ4n) is 3.62. The fourth-order valence-corrected chi connectivity index (χ4v) is 4.05. The summed E-state index contributed by atoms with van der Waals surface area (Å²) >= 11 is 3.60. The van der Waals surface area contributed by atoms with E-state index in [1.165, 1.54) is 6.42 Å². The van der Waals surface area contributed by atoms with Gasteiger partial charge in [-0.05, 0) is 48.5 Å². The van der Waals surface area contributed by atoms with Crippen LogP contribution >= 0.6 is 15.9 Å². The normalized spacial score (nSPS) is 26.0. The number of carboxylic acid groups (broad SMARTS) is 1. The van der Waals surface area contributed by atoms with Gasteiger partial charge in [-0.25, -0.2) is 0 Å². The van der Waals surface area contributed by atoms with E-state index in [-0.39, 0.29) is 0 Å². The Bertz CT molecular complexity index is 527. The maximum atomic E-state index is 12.0. The van der Waals surface area contributed by atoms with E-state index in [0.29, 0.717) is 12.3 Å². The van der Waals surface area contributed by atoms with Crippen molar-refractivity contribution in [2.45, 2.75) is 65.8 Å². The number of rotatable bonds is 5. The summed E-state index contributed by atoms with van der Waals surface area (Å²) in [5.41, 5.74) is 1.35. The fraction of sp³-hybridized carbons (Fsp3) is 0.750. The van der Waals surface area contributed by atoms with Crippen LogP contribution in [0.25, 0.3) is 0 Å². The molecule has 0 bridgehead atoms. The lowest BCUT2D eigenvalue weighted by Gasteiger charge is -2.37. The minimum Gasteiger partial charge on any atom is -0.481 e. The van der Waals surface area contributed by atoms with Crippen molar-refractivity contribution < 1.29 is 9.90 Å². The van der Waals surface area contributed by atoms with E-state index >= 15 is 0 Å². The van der Waals surface area contributed by atoms with Crippen LogP contribution in [-0.2, 0) is 17.8 Å². The molecule has 1 fully saturated rings. The number of carboxylic acids is 1. The Morgan fingerprint density at radius 1 is 1.52 bits per heavy atom. The van der Waals surface area contributed by atoms with Gasteiger partial charge in [0.2, 0.25) is 0 Å². The van der Waals surface area contributed by atoms with Gasteiger partial charge in [0.25, 0.3) is 0 Å². The summed E-state index contributed by atoms with van der Waals surface area (Å²) in [5, 5.41) is 14.4. The highest BCUT2D eigenvalue weighted by Gasteiger charge is 2.43. The van der Waals surface area contributed by atoms with Crippen LogP contribution in [0.2, 0.25) is 0 Å². The SMILES string of the molecule is CCC1CCCC(Cc2c(Br)c(C)nn2CC)(C(=O)O)C1. The van der Waals surface area contributed by atoms with E-state index in [1.807, 2.05) is 18.5 Å². The topological polar surface area (TPSA) is 55.1 Å². The summed E-state index contributed by atoms with van der Waals surface area (Å²) < 4.78 is 2.92. The summed E-state index contributed by atoms with van der Waals surface area (Å²) in [7, 11) is 0. The molecule has 1 N–H and O–H groups in total. The monoisotopic (exact) mass is 356 g/mol. The molecular weight excluding hydrogens is 332 g/mol. The average Bonchev–Trinajstić information content (AvgIpc) is 2.75. The lowest BCUT2D eigenvalue weighted by molar-refractivity contribution is -0.152. The zero-order valence-electron chi connectivity index (χ0n) is 13.2.